The molecule has 3 amide bonds. The van der Waals surface area contributed by atoms with Crippen molar-refractivity contribution in [3.8, 4) is 0 Å². The monoisotopic (exact) mass is 489 g/mol. The summed E-state index contributed by atoms with van der Waals surface area (Å²) in [6.45, 7) is 8.99. The Labute approximate surface area is 213 Å². The van der Waals surface area contributed by atoms with E-state index in [9.17, 15) is 14.4 Å². The molecule has 3 heterocycles. The maximum atomic E-state index is 13.3. The van der Waals surface area contributed by atoms with E-state index >= 15 is 0 Å². The fourth-order valence-corrected chi connectivity index (χ4v) is 5.81. The van der Waals surface area contributed by atoms with E-state index in [-0.39, 0.29) is 29.9 Å². The molecule has 7 nitrogen and oxygen atoms in total. The van der Waals surface area contributed by atoms with Crippen molar-refractivity contribution < 1.29 is 19.1 Å². The minimum Gasteiger partial charge on any atom is -0.373 e. The molecular formula is C29H35N3O4. The number of carbonyl (C=O) groups excluding carboxylic acids is 3. The Morgan fingerprint density at radius 3 is 2.28 bits per heavy atom. The zero-order valence-electron chi connectivity index (χ0n) is 21.2. The molecule has 0 N–H and O–H groups in total. The number of rotatable bonds is 6. The number of morpholine rings is 1. The fourth-order valence-electron chi connectivity index (χ4n) is 5.81. The summed E-state index contributed by atoms with van der Waals surface area (Å²) >= 11 is 0. The second-order valence-electron chi connectivity index (χ2n) is 10.5. The molecular weight excluding hydrogens is 454 g/mol. The van der Waals surface area contributed by atoms with Gasteiger partial charge in [-0.05, 0) is 62.8 Å². The van der Waals surface area contributed by atoms with E-state index in [1.54, 1.807) is 18.2 Å². The molecule has 0 saturated carbocycles. The van der Waals surface area contributed by atoms with E-state index in [1.807, 2.05) is 35.2 Å². The molecule has 2 unspecified atom stereocenters. The summed E-state index contributed by atoms with van der Waals surface area (Å²) < 4.78 is 5.85. The average Bonchev–Trinajstić information content (AvgIpc) is 3.11. The van der Waals surface area contributed by atoms with Crippen molar-refractivity contribution in [3.63, 3.8) is 0 Å². The topological polar surface area (TPSA) is 70.2 Å². The molecule has 5 rings (SSSR count). The van der Waals surface area contributed by atoms with Gasteiger partial charge in [-0.15, -0.1) is 0 Å². The van der Waals surface area contributed by atoms with Gasteiger partial charge in [-0.3, -0.25) is 24.2 Å². The van der Waals surface area contributed by atoms with Crippen LogP contribution in [-0.4, -0.2) is 83.9 Å². The molecule has 2 saturated heterocycles. The largest absolute Gasteiger partial charge is 0.373 e. The van der Waals surface area contributed by atoms with Crippen molar-refractivity contribution in [2.24, 2.45) is 5.92 Å². The van der Waals surface area contributed by atoms with Gasteiger partial charge in [0.25, 0.3) is 17.7 Å². The Hall–Kier alpha value is -3.03. The van der Waals surface area contributed by atoms with Crippen LogP contribution in [0.5, 0.6) is 0 Å². The van der Waals surface area contributed by atoms with E-state index in [4.69, 9.17) is 4.74 Å². The number of imide groups is 1. The molecule has 0 aromatic heterocycles. The highest BCUT2D eigenvalue weighted by atomic mass is 16.5. The van der Waals surface area contributed by atoms with Crippen molar-refractivity contribution in [1.82, 2.24) is 14.7 Å². The Kier molecular flexibility index (Phi) is 7.21. The lowest BCUT2D eigenvalue weighted by atomic mass is 9.95. The van der Waals surface area contributed by atoms with Crippen LogP contribution in [-0.2, 0) is 11.2 Å². The number of likely N-dealkylation sites (tertiary alicyclic amines) is 1. The minimum atomic E-state index is -0.312. The standard InChI is InChI=1S/C29H35N3O4/c1-20-17-30(18-21(2)36-20)19-23-10-13-31(14-11-23)27(33)24-8-9-25-26(16-24)29(35)32(28(25)34)15-12-22-6-4-3-5-7-22/h3-9,16,20-21,23H,10-15,17-19H2,1-2H3. The van der Waals surface area contributed by atoms with Crippen LogP contribution in [0.1, 0.15) is 63.3 Å². The lowest BCUT2D eigenvalue weighted by molar-refractivity contribution is -0.0728. The van der Waals surface area contributed by atoms with Crippen LogP contribution in [0, 0.1) is 5.92 Å². The molecule has 190 valence electrons. The molecule has 0 spiro atoms. The maximum Gasteiger partial charge on any atom is 0.261 e. The van der Waals surface area contributed by atoms with Gasteiger partial charge in [0.1, 0.15) is 0 Å². The first-order chi connectivity index (χ1) is 17.4. The summed E-state index contributed by atoms with van der Waals surface area (Å²) in [5.74, 6) is -0.0810. The third-order valence-electron chi connectivity index (χ3n) is 7.60. The number of hydrogen-bond donors (Lipinski definition) is 0. The Bertz CT molecular complexity index is 1120. The van der Waals surface area contributed by atoms with Crippen LogP contribution in [0.4, 0.5) is 0 Å². The number of piperidine rings is 1. The Balaban J connectivity index is 1.18. The number of benzene rings is 2. The predicted octanol–water partition coefficient (Wildman–Crippen LogP) is 3.49. The van der Waals surface area contributed by atoms with E-state index in [2.05, 4.69) is 18.7 Å². The predicted molar refractivity (Wildman–Crippen MR) is 137 cm³/mol. The van der Waals surface area contributed by atoms with Crippen LogP contribution in [0.2, 0.25) is 0 Å². The number of nitrogens with zero attached hydrogens (tertiary/aromatic N) is 3. The molecule has 0 radical (unpaired) electrons. The normalized spacial score (nSPS) is 23.3. The first-order valence-electron chi connectivity index (χ1n) is 13.1. The van der Waals surface area contributed by atoms with Crippen molar-refractivity contribution in [2.75, 3.05) is 39.3 Å². The Morgan fingerprint density at radius 1 is 0.917 bits per heavy atom. The summed E-state index contributed by atoms with van der Waals surface area (Å²) in [7, 11) is 0. The van der Waals surface area contributed by atoms with Crippen molar-refractivity contribution in [2.45, 2.75) is 45.3 Å². The highest BCUT2D eigenvalue weighted by molar-refractivity contribution is 6.22. The summed E-state index contributed by atoms with van der Waals surface area (Å²) in [4.78, 5) is 44.8. The van der Waals surface area contributed by atoms with Crippen LogP contribution >= 0.6 is 0 Å². The molecule has 2 atom stereocenters. The number of amides is 3. The summed E-state index contributed by atoms with van der Waals surface area (Å²) in [5, 5.41) is 0. The number of ether oxygens (including phenoxy) is 1. The first kappa shape index (κ1) is 24.7. The Morgan fingerprint density at radius 2 is 1.58 bits per heavy atom. The highest BCUT2D eigenvalue weighted by Gasteiger charge is 2.36. The summed E-state index contributed by atoms with van der Waals surface area (Å²) in [6.07, 6.45) is 3.08. The number of fused-ring (bicyclic) bond motifs is 1. The van der Waals surface area contributed by atoms with E-state index < -0.39 is 0 Å². The third-order valence-corrected chi connectivity index (χ3v) is 7.60. The summed E-state index contributed by atoms with van der Waals surface area (Å²) in [6, 6.07) is 14.7. The second kappa shape index (κ2) is 10.5. The van der Waals surface area contributed by atoms with Gasteiger partial charge >= 0.3 is 0 Å². The molecule has 2 aromatic carbocycles. The van der Waals surface area contributed by atoms with Crippen LogP contribution in [0.15, 0.2) is 48.5 Å². The molecule has 3 aliphatic heterocycles. The van der Waals surface area contributed by atoms with Gasteiger partial charge in [-0.2, -0.15) is 0 Å². The van der Waals surface area contributed by atoms with Crippen LogP contribution in [0.25, 0.3) is 0 Å². The third kappa shape index (κ3) is 5.22. The zero-order valence-corrected chi connectivity index (χ0v) is 21.2. The van der Waals surface area contributed by atoms with E-state index in [1.165, 1.54) is 4.90 Å². The SMILES string of the molecule is CC1CN(CC2CCN(C(=O)c3ccc4c(c3)C(=O)N(CCc3ccccc3)C4=O)CC2)CC(C)O1. The highest BCUT2D eigenvalue weighted by Crippen LogP contribution is 2.27. The van der Waals surface area contributed by atoms with Crippen molar-refractivity contribution >= 4 is 17.7 Å². The maximum absolute atomic E-state index is 13.3. The zero-order chi connectivity index (χ0) is 25.2. The molecule has 0 bridgehead atoms. The van der Waals surface area contributed by atoms with Crippen LogP contribution < -0.4 is 0 Å². The smallest absolute Gasteiger partial charge is 0.261 e. The van der Waals surface area contributed by atoms with Gasteiger partial charge in [0.15, 0.2) is 0 Å². The van der Waals surface area contributed by atoms with Gasteiger partial charge in [0.05, 0.1) is 23.3 Å². The quantitative estimate of drug-likeness (QED) is 0.581. The van der Waals surface area contributed by atoms with E-state index in [0.29, 0.717) is 48.7 Å². The molecule has 2 fully saturated rings. The molecule has 3 aliphatic rings. The second-order valence-corrected chi connectivity index (χ2v) is 10.5. The first-order valence-corrected chi connectivity index (χ1v) is 13.1. The lowest BCUT2D eigenvalue weighted by Crippen LogP contribution is -2.48. The molecule has 0 aliphatic carbocycles. The molecule has 36 heavy (non-hydrogen) atoms. The van der Waals surface area contributed by atoms with Crippen LogP contribution in [0.3, 0.4) is 0 Å². The van der Waals surface area contributed by atoms with Gasteiger partial charge in [0.2, 0.25) is 0 Å². The average molecular weight is 490 g/mol. The van der Waals surface area contributed by atoms with Gasteiger partial charge in [-0.1, -0.05) is 30.3 Å². The van der Waals surface area contributed by atoms with Gasteiger partial charge in [0, 0.05) is 44.8 Å². The van der Waals surface area contributed by atoms with Crippen molar-refractivity contribution in [3.05, 3.63) is 70.8 Å². The fraction of sp³-hybridized carbons (Fsp3) is 0.483. The minimum absolute atomic E-state index is 0.0622. The number of hydrogen-bond acceptors (Lipinski definition) is 5. The van der Waals surface area contributed by atoms with Crippen molar-refractivity contribution in [1.29, 1.82) is 0 Å². The lowest BCUT2D eigenvalue weighted by Gasteiger charge is -2.39. The molecule has 7 heteroatoms. The summed E-state index contributed by atoms with van der Waals surface area (Å²) in [5.41, 5.74) is 2.28. The van der Waals surface area contributed by atoms with Gasteiger partial charge < -0.3 is 9.64 Å². The van der Waals surface area contributed by atoms with E-state index in [0.717, 1.165) is 38.0 Å². The number of carbonyl (C=O) groups is 3. The van der Waals surface area contributed by atoms with Gasteiger partial charge in [-0.25, -0.2) is 0 Å². The molecule has 2 aromatic rings.